The molecule has 0 radical (unpaired) electrons. The lowest BCUT2D eigenvalue weighted by Gasteiger charge is -2.22. The fourth-order valence-electron chi connectivity index (χ4n) is 2.30. The Labute approximate surface area is 126 Å². The maximum absolute atomic E-state index is 6.28. The van der Waals surface area contributed by atoms with Gasteiger partial charge in [-0.05, 0) is 49.4 Å². The molecule has 3 nitrogen and oxygen atoms in total. The highest BCUT2D eigenvalue weighted by Gasteiger charge is 2.15. The van der Waals surface area contributed by atoms with Crippen molar-refractivity contribution in [2.45, 2.75) is 32.7 Å². The van der Waals surface area contributed by atoms with Crippen molar-refractivity contribution in [3.05, 3.63) is 28.8 Å². The van der Waals surface area contributed by atoms with E-state index >= 15 is 0 Å². The summed E-state index contributed by atoms with van der Waals surface area (Å²) in [5, 5.41) is 4.07. The fraction of sp³-hybridized carbons (Fsp3) is 0.625. The van der Waals surface area contributed by atoms with Crippen LogP contribution in [0.2, 0.25) is 5.02 Å². The highest BCUT2D eigenvalue weighted by atomic mass is 35.5. The number of hydrogen-bond acceptors (Lipinski definition) is 3. The van der Waals surface area contributed by atoms with Crippen LogP contribution in [-0.2, 0) is 11.3 Å². The zero-order chi connectivity index (χ0) is 14.2. The summed E-state index contributed by atoms with van der Waals surface area (Å²) >= 11 is 6.28. The minimum absolute atomic E-state index is 0.589. The van der Waals surface area contributed by atoms with E-state index in [-0.39, 0.29) is 0 Å². The lowest BCUT2D eigenvalue weighted by molar-refractivity contribution is 0.0498. The number of rotatable bonds is 7. The van der Waals surface area contributed by atoms with E-state index in [0.29, 0.717) is 10.9 Å². The summed E-state index contributed by atoms with van der Waals surface area (Å²) in [5.74, 6) is 1.38. The molecule has 0 aromatic heterocycles. The third-order valence-electron chi connectivity index (χ3n) is 3.57. The summed E-state index contributed by atoms with van der Waals surface area (Å²) in [5.41, 5.74) is 1.20. The lowest BCUT2D eigenvalue weighted by Crippen LogP contribution is -2.21. The van der Waals surface area contributed by atoms with Gasteiger partial charge in [-0.2, -0.15) is 0 Å². The monoisotopic (exact) mass is 297 g/mol. The van der Waals surface area contributed by atoms with E-state index in [0.717, 1.165) is 57.9 Å². The van der Waals surface area contributed by atoms with Gasteiger partial charge in [-0.1, -0.05) is 24.6 Å². The third kappa shape index (κ3) is 4.97. The smallest absolute Gasteiger partial charge is 0.137 e. The molecule has 1 N–H and O–H groups in total. The maximum Gasteiger partial charge on any atom is 0.137 e. The molecule has 1 saturated heterocycles. The Morgan fingerprint density at radius 2 is 2.15 bits per heavy atom. The zero-order valence-electron chi connectivity index (χ0n) is 12.2. The Balaban J connectivity index is 1.82. The van der Waals surface area contributed by atoms with Crippen molar-refractivity contribution in [2.75, 3.05) is 26.4 Å². The molecule has 20 heavy (non-hydrogen) atoms. The van der Waals surface area contributed by atoms with Gasteiger partial charge in [-0.3, -0.25) is 0 Å². The predicted molar refractivity (Wildman–Crippen MR) is 82.5 cm³/mol. The second kappa shape index (κ2) is 8.50. The average molecular weight is 298 g/mol. The minimum atomic E-state index is 0.589. The molecule has 1 aliphatic rings. The molecule has 0 amide bonds. The van der Waals surface area contributed by atoms with E-state index in [9.17, 15) is 0 Å². The van der Waals surface area contributed by atoms with E-state index in [1.807, 2.05) is 12.1 Å². The van der Waals surface area contributed by atoms with Gasteiger partial charge in [0.15, 0.2) is 0 Å². The molecule has 0 saturated carbocycles. The molecular weight excluding hydrogens is 274 g/mol. The molecular formula is C16H24ClNO2. The van der Waals surface area contributed by atoms with Crippen molar-refractivity contribution in [2.24, 2.45) is 5.92 Å². The molecule has 2 rings (SSSR count). The summed E-state index contributed by atoms with van der Waals surface area (Å²) in [7, 11) is 0. The molecule has 4 heteroatoms. The topological polar surface area (TPSA) is 30.5 Å². The Morgan fingerprint density at radius 1 is 1.35 bits per heavy atom. The molecule has 0 atom stereocenters. The van der Waals surface area contributed by atoms with Crippen LogP contribution >= 0.6 is 11.6 Å². The molecule has 1 heterocycles. The number of hydrogen-bond donors (Lipinski definition) is 1. The fourth-order valence-corrected chi connectivity index (χ4v) is 2.56. The number of nitrogens with one attached hydrogen (secondary N) is 1. The highest BCUT2D eigenvalue weighted by molar-refractivity contribution is 6.32. The van der Waals surface area contributed by atoms with E-state index in [1.165, 1.54) is 5.56 Å². The first-order valence-electron chi connectivity index (χ1n) is 7.49. The van der Waals surface area contributed by atoms with Gasteiger partial charge < -0.3 is 14.8 Å². The number of benzene rings is 1. The maximum atomic E-state index is 6.28. The normalized spacial score (nSPS) is 16.3. The van der Waals surface area contributed by atoms with Gasteiger partial charge in [-0.25, -0.2) is 0 Å². The Morgan fingerprint density at radius 3 is 2.85 bits per heavy atom. The second-order valence-corrected chi connectivity index (χ2v) is 5.72. The van der Waals surface area contributed by atoms with Gasteiger partial charge in [0.25, 0.3) is 0 Å². The Bertz CT molecular complexity index is 405. The van der Waals surface area contributed by atoms with Crippen molar-refractivity contribution in [1.29, 1.82) is 0 Å². The molecule has 0 spiro atoms. The summed E-state index contributed by atoms with van der Waals surface area (Å²) < 4.78 is 11.2. The van der Waals surface area contributed by atoms with Gasteiger partial charge in [-0.15, -0.1) is 0 Å². The van der Waals surface area contributed by atoms with Crippen LogP contribution in [0.25, 0.3) is 0 Å². The largest absolute Gasteiger partial charge is 0.492 e. The standard InChI is InChI=1S/C16H24ClNO2/c1-2-7-18-11-14-3-4-16(15(17)10-14)20-12-13-5-8-19-9-6-13/h3-4,10,13,18H,2,5-9,11-12H2,1H3. The van der Waals surface area contributed by atoms with Gasteiger partial charge >= 0.3 is 0 Å². The van der Waals surface area contributed by atoms with Crippen molar-refractivity contribution < 1.29 is 9.47 Å². The molecule has 1 aromatic rings. The molecule has 1 fully saturated rings. The predicted octanol–water partition coefficient (Wildman–Crippen LogP) is 3.65. The van der Waals surface area contributed by atoms with Crippen LogP contribution < -0.4 is 10.1 Å². The van der Waals surface area contributed by atoms with Crippen LogP contribution in [0, 0.1) is 5.92 Å². The van der Waals surface area contributed by atoms with Crippen LogP contribution in [0.5, 0.6) is 5.75 Å². The number of ether oxygens (including phenoxy) is 2. The van der Waals surface area contributed by atoms with E-state index in [4.69, 9.17) is 21.1 Å². The Hall–Kier alpha value is -0.770. The number of halogens is 1. The van der Waals surface area contributed by atoms with Crippen molar-refractivity contribution in [3.8, 4) is 5.75 Å². The molecule has 112 valence electrons. The van der Waals surface area contributed by atoms with Crippen LogP contribution in [0.15, 0.2) is 18.2 Å². The zero-order valence-corrected chi connectivity index (χ0v) is 12.9. The van der Waals surface area contributed by atoms with Crippen molar-refractivity contribution in [1.82, 2.24) is 5.32 Å². The Kier molecular flexibility index (Phi) is 6.64. The van der Waals surface area contributed by atoms with Gasteiger partial charge in [0, 0.05) is 19.8 Å². The van der Waals surface area contributed by atoms with Gasteiger partial charge in [0.1, 0.15) is 5.75 Å². The average Bonchev–Trinajstić information content (AvgIpc) is 2.48. The molecule has 0 unspecified atom stereocenters. The lowest BCUT2D eigenvalue weighted by atomic mass is 10.0. The molecule has 0 aliphatic carbocycles. The quantitative estimate of drug-likeness (QED) is 0.779. The summed E-state index contributed by atoms with van der Waals surface area (Å²) in [6.45, 7) is 6.48. The van der Waals surface area contributed by atoms with E-state index < -0.39 is 0 Å². The third-order valence-corrected chi connectivity index (χ3v) is 3.86. The summed E-state index contributed by atoms with van der Waals surface area (Å²) in [6, 6.07) is 6.04. The summed E-state index contributed by atoms with van der Waals surface area (Å²) in [6.07, 6.45) is 3.30. The van der Waals surface area contributed by atoms with Crippen LogP contribution in [0.4, 0.5) is 0 Å². The molecule has 0 bridgehead atoms. The van der Waals surface area contributed by atoms with E-state index in [1.54, 1.807) is 0 Å². The van der Waals surface area contributed by atoms with Crippen molar-refractivity contribution >= 4 is 11.6 Å². The van der Waals surface area contributed by atoms with E-state index in [2.05, 4.69) is 18.3 Å². The molecule has 1 aromatic carbocycles. The SMILES string of the molecule is CCCNCc1ccc(OCC2CCOCC2)c(Cl)c1. The second-order valence-electron chi connectivity index (χ2n) is 5.31. The van der Waals surface area contributed by atoms with Gasteiger partial charge in [0.05, 0.1) is 11.6 Å². The first-order chi connectivity index (χ1) is 9.79. The first kappa shape index (κ1) is 15.6. The van der Waals surface area contributed by atoms with Crippen molar-refractivity contribution in [3.63, 3.8) is 0 Å². The highest BCUT2D eigenvalue weighted by Crippen LogP contribution is 2.27. The minimum Gasteiger partial charge on any atom is -0.492 e. The van der Waals surface area contributed by atoms with Crippen LogP contribution in [0.1, 0.15) is 31.7 Å². The van der Waals surface area contributed by atoms with Crippen LogP contribution in [0.3, 0.4) is 0 Å². The summed E-state index contributed by atoms with van der Waals surface area (Å²) in [4.78, 5) is 0. The molecule has 1 aliphatic heterocycles. The first-order valence-corrected chi connectivity index (χ1v) is 7.87. The van der Waals surface area contributed by atoms with Gasteiger partial charge in [0.2, 0.25) is 0 Å². The van der Waals surface area contributed by atoms with Crippen LogP contribution in [-0.4, -0.2) is 26.4 Å².